The first-order chi connectivity index (χ1) is 8.87. The lowest BCUT2D eigenvalue weighted by atomic mass is 9.99. The lowest BCUT2D eigenvalue weighted by Gasteiger charge is -2.20. The van der Waals surface area contributed by atoms with E-state index in [0.717, 1.165) is 5.82 Å². The molecule has 19 heavy (non-hydrogen) atoms. The van der Waals surface area contributed by atoms with Crippen LogP contribution in [0.5, 0.6) is 0 Å². The van der Waals surface area contributed by atoms with Gasteiger partial charge in [-0.25, -0.2) is 9.67 Å². The van der Waals surface area contributed by atoms with Gasteiger partial charge >= 0.3 is 0 Å². The molecule has 1 unspecified atom stereocenters. The fourth-order valence-corrected chi connectivity index (χ4v) is 2.10. The van der Waals surface area contributed by atoms with E-state index in [1.807, 2.05) is 0 Å². The number of aryl methyl sites for hydroxylation is 1. The smallest absolute Gasteiger partial charge is 0.138 e. The average molecular weight is 259 g/mol. The number of aromatic nitrogens is 3. The molecule has 0 fully saturated rings. The standard InChI is InChI=1S/C15H21N3O/c1-11-5-7-13(8-6-11)12(2)14-16-10-17-18(14)9-15(3,4)19/h5-8,10,12,19H,9H2,1-4H3. The Bertz CT molecular complexity index is 537. The molecule has 0 spiro atoms. The first-order valence-electron chi connectivity index (χ1n) is 6.53. The molecule has 4 heteroatoms. The van der Waals surface area contributed by atoms with Crippen LogP contribution >= 0.6 is 0 Å². The van der Waals surface area contributed by atoms with Gasteiger partial charge in [-0.1, -0.05) is 36.8 Å². The maximum Gasteiger partial charge on any atom is 0.138 e. The summed E-state index contributed by atoms with van der Waals surface area (Å²) in [6.07, 6.45) is 1.55. The molecule has 0 saturated heterocycles. The van der Waals surface area contributed by atoms with Crippen molar-refractivity contribution in [2.75, 3.05) is 0 Å². The van der Waals surface area contributed by atoms with E-state index in [2.05, 4.69) is 48.2 Å². The van der Waals surface area contributed by atoms with E-state index < -0.39 is 5.60 Å². The Kier molecular flexibility index (Phi) is 3.71. The van der Waals surface area contributed by atoms with E-state index in [-0.39, 0.29) is 5.92 Å². The molecule has 0 saturated carbocycles. The minimum Gasteiger partial charge on any atom is -0.389 e. The summed E-state index contributed by atoms with van der Waals surface area (Å²) in [4.78, 5) is 4.34. The number of nitrogens with zero attached hydrogens (tertiary/aromatic N) is 3. The van der Waals surface area contributed by atoms with Crippen molar-refractivity contribution < 1.29 is 5.11 Å². The summed E-state index contributed by atoms with van der Waals surface area (Å²) in [7, 11) is 0. The van der Waals surface area contributed by atoms with Crippen LogP contribution in [0.4, 0.5) is 0 Å². The molecule has 1 aromatic carbocycles. The van der Waals surface area contributed by atoms with Crippen molar-refractivity contribution in [1.82, 2.24) is 14.8 Å². The molecule has 1 heterocycles. The Morgan fingerprint density at radius 3 is 2.47 bits per heavy atom. The number of hydrogen-bond acceptors (Lipinski definition) is 3. The number of aliphatic hydroxyl groups is 1. The van der Waals surface area contributed by atoms with Crippen molar-refractivity contribution in [3.63, 3.8) is 0 Å². The van der Waals surface area contributed by atoms with Gasteiger partial charge in [0.1, 0.15) is 12.2 Å². The summed E-state index contributed by atoms with van der Waals surface area (Å²) in [5.41, 5.74) is 1.65. The summed E-state index contributed by atoms with van der Waals surface area (Å²) < 4.78 is 1.78. The molecular weight excluding hydrogens is 238 g/mol. The molecule has 2 aromatic rings. The second-order valence-corrected chi connectivity index (χ2v) is 5.72. The van der Waals surface area contributed by atoms with E-state index in [0.29, 0.717) is 6.54 Å². The SMILES string of the molecule is Cc1ccc(C(C)c2ncnn2CC(C)(C)O)cc1. The largest absolute Gasteiger partial charge is 0.389 e. The third-order valence-electron chi connectivity index (χ3n) is 3.15. The minimum absolute atomic E-state index is 0.158. The van der Waals surface area contributed by atoms with Crippen LogP contribution in [0, 0.1) is 6.92 Å². The zero-order chi connectivity index (χ0) is 14.0. The highest BCUT2D eigenvalue weighted by atomic mass is 16.3. The molecule has 0 aliphatic carbocycles. The van der Waals surface area contributed by atoms with Gasteiger partial charge < -0.3 is 5.11 Å². The second-order valence-electron chi connectivity index (χ2n) is 5.72. The third-order valence-corrected chi connectivity index (χ3v) is 3.15. The first kappa shape index (κ1) is 13.7. The van der Waals surface area contributed by atoms with E-state index in [1.165, 1.54) is 11.1 Å². The van der Waals surface area contributed by atoms with Gasteiger partial charge in [-0.05, 0) is 26.3 Å². The van der Waals surface area contributed by atoms with Crippen molar-refractivity contribution in [2.45, 2.75) is 45.8 Å². The lowest BCUT2D eigenvalue weighted by Crippen LogP contribution is -2.28. The Morgan fingerprint density at radius 1 is 1.26 bits per heavy atom. The van der Waals surface area contributed by atoms with Crippen LogP contribution < -0.4 is 0 Å². The van der Waals surface area contributed by atoms with Crippen LogP contribution in [0.1, 0.15) is 43.6 Å². The van der Waals surface area contributed by atoms with Crippen LogP contribution in [-0.2, 0) is 6.54 Å². The van der Waals surface area contributed by atoms with E-state index >= 15 is 0 Å². The topological polar surface area (TPSA) is 50.9 Å². The van der Waals surface area contributed by atoms with E-state index in [4.69, 9.17) is 0 Å². The molecule has 1 N–H and O–H groups in total. The van der Waals surface area contributed by atoms with Gasteiger partial charge in [-0.2, -0.15) is 5.10 Å². The molecular formula is C15H21N3O. The molecule has 2 rings (SSSR count). The molecule has 0 radical (unpaired) electrons. The van der Waals surface area contributed by atoms with Gasteiger partial charge in [0.2, 0.25) is 0 Å². The second kappa shape index (κ2) is 5.13. The lowest BCUT2D eigenvalue weighted by molar-refractivity contribution is 0.0565. The summed E-state index contributed by atoms with van der Waals surface area (Å²) >= 11 is 0. The molecule has 1 aromatic heterocycles. The Morgan fingerprint density at radius 2 is 1.89 bits per heavy atom. The predicted molar refractivity (Wildman–Crippen MR) is 75.0 cm³/mol. The minimum atomic E-state index is -0.796. The molecule has 0 bridgehead atoms. The molecule has 1 atom stereocenters. The van der Waals surface area contributed by atoms with Gasteiger partial charge in [0, 0.05) is 5.92 Å². The molecule has 0 amide bonds. The van der Waals surface area contributed by atoms with Crippen molar-refractivity contribution in [2.24, 2.45) is 0 Å². The highest BCUT2D eigenvalue weighted by molar-refractivity contribution is 5.27. The van der Waals surface area contributed by atoms with Gasteiger partial charge in [0.15, 0.2) is 0 Å². The summed E-state index contributed by atoms with van der Waals surface area (Å²) in [5, 5.41) is 14.1. The highest BCUT2D eigenvalue weighted by Crippen LogP contribution is 2.23. The van der Waals surface area contributed by atoms with Crippen LogP contribution in [0.25, 0.3) is 0 Å². The quantitative estimate of drug-likeness (QED) is 0.918. The number of benzene rings is 1. The van der Waals surface area contributed by atoms with Crippen molar-refractivity contribution >= 4 is 0 Å². The zero-order valence-corrected chi connectivity index (χ0v) is 12.0. The molecule has 0 aliphatic rings. The summed E-state index contributed by atoms with van der Waals surface area (Å²) in [6, 6.07) is 8.43. The van der Waals surface area contributed by atoms with Gasteiger partial charge in [0.25, 0.3) is 0 Å². The van der Waals surface area contributed by atoms with Gasteiger partial charge in [-0.3, -0.25) is 0 Å². The maximum absolute atomic E-state index is 9.91. The van der Waals surface area contributed by atoms with Crippen molar-refractivity contribution in [3.8, 4) is 0 Å². The van der Waals surface area contributed by atoms with Crippen molar-refractivity contribution in [1.29, 1.82) is 0 Å². The monoisotopic (exact) mass is 259 g/mol. The zero-order valence-electron chi connectivity index (χ0n) is 12.0. The third kappa shape index (κ3) is 3.41. The van der Waals surface area contributed by atoms with E-state index in [9.17, 15) is 5.11 Å². The fourth-order valence-electron chi connectivity index (χ4n) is 2.10. The number of hydrogen-bond donors (Lipinski definition) is 1. The van der Waals surface area contributed by atoms with Gasteiger partial charge in [0.05, 0.1) is 12.1 Å². The Hall–Kier alpha value is -1.68. The van der Waals surface area contributed by atoms with E-state index in [1.54, 1.807) is 24.9 Å². The van der Waals surface area contributed by atoms with Crippen LogP contribution in [0.15, 0.2) is 30.6 Å². The summed E-state index contributed by atoms with van der Waals surface area (Å²) in [6.45, 7) is 8.17. The molecule has 102 valence electrons. The molecule has 0 aliphatic heterocycles. The summed E-state index contributed by atoms with van der Waals surface area (Å²) in [5.74, 6) is 1.04. The van der Waals surface area contributed by atoms with Crippen molar-refractivity contribution in [3.05, 3.63) is 47.5 Å². The maximum atomic E-state index is 9.91. The number of rotatable bonds is 4. The average Bonchev–Trinajstić information content (AvgIpc) is 2.75. The predicted octanol–water partition coefficient (Wildman–Crippen LogP) is 2.51. The highest BCUT2D eigenvalue weighted by Gasteiger charge is 2.20. The van der Waals surface area contributed by atoms with Crippen LogP contribution in [0.3, 0.4) is 0 Å². The normalized spacial score (nSPS) is 13.5. The Labute approximate surface area is 114 Å². The fraction of sp³-hybridized carbons (Fsp3) is 0.467. The van der Waals surface area contributed by atoms with Gasteiger partial charge in [-0.15, -0.1) is 0 Å². The Balaban J connectivity index is 2.27. The first-order valence-corrected chi connectivity index (χ1v) is 6.53. The van der Waals surface area contributed by atoms with Crippen LogP contribution in [-0.4, -0.2) is 25.5 Å². The van der Waals surface area contributed by atoms with Crippen LogP contribution in [0.2, 0.25) is 0 Å². The molecule has 4 nitrogen and oxygen atoms in total.